The standard InChI is InChI=1S/C16H19N3O3/c1-2-6-12(15(20)11-7-4-3-5-8-11)19-14-10-17-13(9-18-14)16(21)22/h3-5,7-10,12,15,20H,2,6H2,1H3,(H,18,19)(H,21,22). The van der Waals surface area contributed by atoms with Gasteiger partial charge in [-0.2, -0.15) is 0 Å². The second kappa shape index (κ2) is 7.51. The summed E-state index contributed by atoms with van der Waals surface area (Å²) in [5, 5.41) is 22.5. The molecule has 0 spiro atoms. The summed E-state index contributed by atoms with van der Waals surface area (Å²) in [6.07, 6.45) is 3.52. The summed E-state index contributed by atoms with van der Waals surface area (Å²) >= 11 is 0. The highest BCUT2D eigenvalue weighted by Gasteiger charge is 2.20. The molecule has 2 rings (SSSR count). The van der Waals surface area contributed by atoms with Crippen LogP contribution in [0.25, 0.3) is 0 Å². The number of benzene rings is 1. The van der Waals surface area contributed by atoms with Crippen molar-refractivity contribution in [2.75, 3.05) is 5.32 Å². The van der Waals surface area contributed by atoms with Crippen LogP contribution < -0.4 is 5.32 Å². The van der Waals surface area contributed by atoms with E-state index >= 15 is 0 Å². The Morgan fingerprint density at radius 3 is 2.50 bits per heavy atom. The fourth-order valence-corrected chi connectivity index (χ4v) is 2.21. The largest absolute Gasteiger partial charge is 0.476 e. The number of aromatic nitrogens is 2. The van der Waals surface area contributed by atoms with Crippen LogP contribution >= 0.6 is 0 Å². The van der Waals surface area contributed by atoms with E-state index in [1.807, 2.05) is 37.3 Å². The number of hydrogen-bond donors (Lipinski definition) is 3. The third-order valence-electron chi connectivity index (χ3n) is 3.33. The molecule has 0 bridgehead atoms. The van der Waals surface area contributed by atoms with Gasteiger partial charge in [-0.3, -0.25) is 0 Å². The molecule has 0 saturated carbocycles. The minimum Gasteiger partial charge on any atom is -0.476 e. The van der Waals surface area contributed by atoms with Gasteiger partial charge in [-0.15, -0.1) is 0 Å². The van der Waals surface area contributed by atoms with Crippen LogP contribution in [0.1, 0.15) is 41.9 Å². The number of anilines is 1. The number of carbonyl (C=O) groups is 1. The normalized spacial score (nSPS) is 13.4. The predicted octanol–water partition coefficient (Wildman–Crippen LogP) is 2.49. The van der Waals surface area contributed by atoms with Crippen molar-refractivity contribution in [2.45, 2.75) is 31.9 Å². The Morgan fingerprint density at radius 2 is 1.95 bits per heavy atom. The molecule has 0 radical (unpaired) electrons. The molecule has 0 saturated heterocycles. The molecule has 6 nitrogen and oxygen atoms in total. The van der Waals surface area contributed by atoms with Crippen molar-refractivity contribution >= 4 is 11.8 Å². The van der Waals surface area contributed by atoms with Gasteiger partial charge in [0.2, 0.25) is 0 Å². The predicted molar refractivity (Wildman–Crippen MR) is 82.7 cm³/mol. The quantitative estimate of drug-likeness (QED) is 0.727. The Morgan fingerprint density at radius 1 is 1.23 bits per heavy atom. The zero-order valence-corrected chi connectivity index (χ0v) is 12.3. The molecule has 1 heterocycles. The Kier molecular flexibility index (Phi) is 5.43. The van der Waals surface area contributed by atoms with Gasteiger partial charge in [-0.25, -0.2) is 14.8 Å². The maximum Gasteiger partial charge on any atom is 0.356 e. The summed E-state index contributed by atoms with van der Waals surface area (Å²) in [4.78, 5) is 18.6. The first kappa shape index (κ1) is 15.9. The topological polar surface area (TPSA) is 95.3 Å². The molecule has 2 unspecified atom stereocenters. The average molecular weight is 301 g/mol. The van der Waals surface area contributed by atoms with Crippen molar-refractivity contribution in [3.8, 4) is 0 Å². The smallest absolute Gasteiger partial charge is 0.356 e. The monoisotopic (exact) mass is 301 g/mol. The molecule has 0 aliphatic rings. The van der Waals surface area contributed by atoms with Crippen LogP contribution in [0.2, 0.25) is 0 Å². The molecule has 2 atom stereocenters. The third-order valence-corrected chi connectivity index (χ3v) is 3.33. The van der Waals surface area contributed by atoms with E-state index in [4.69, 9.17) is 5.11 Å². The fourth-order valence-electron chi connectivity index (χ4n) is 2.21. The molecular weight excluding hydrogens is 282 g/mol. The lowest BCUT2D eigenvalue weighted by Crippen LogP contribution is -2.28. The number of hydrogen-bond acceptors (Lipinski definition) is 5. The van der Waals surface area contributed by atoms with Crippen molar-refractivity contribution < 1.29 is 15.0 Å². The van der Waals surface area contributed by atoms with Gasteiger partial charge in [0.15, 0.2) is 5.69 Å². The van der Waals surface area contributed by atoms with Crippen LogP contribution in [0.4, 0.5) is 5.82 Å². The van der Waals surface area contributed by atoms with Crippen LogP contribution in [0.5, 0.6) is 0 Å². The number of nitrogens with zero attached hydrogens (tertiary/aromatic N) is 2. The van der Waals surface area contributed by atoms with E-state index in [1.165, 1.54) is 12.4 Å². The van der Waals surface area contributed by atoms with Gasteiger partial charge in [0.1, 0.15) is 5.82 Å². The molecule has 3 N–H and O–H groups in total. The SMILES string of the molecule is CCCC(Nc1cnc(C(=O)O)cn1)C(O)c1ccccc1. The first-order valence-corrected chi connectivity index (χ1v) is 7.16. The van der Waals surface area contributed by atoms with E-state index in [0.29, 0.717) is 5.82 Å². The highest BCUT2D eigenvalue weighted by molar-refractivity contribution is 5.84. The molecule has 0 fully saturated rings. The lowest BCUT2D eigenvalue weighted by atomic mass is 9.99. The van der Waals surface area contributed by atoms with Gasteiger partial charge in [-0.05, 0) is 12.0 Å². The van der Waals surface area contributed by atoms with E-state index in [2.05, 4.69) is 15.3 Å². The highest BCUT2D eigenvalue weighted by atomic mass is 16.4. The zero-order chi connectivity index (χ0) is 15.9. The first-order valence-electron chi connectivity index (χ1n) is 7.16. The highest BCUT2D eigenvalue weighted by Crippen LogP contribution is 2.22. The number of carboxylic acids is 1. The molecule has 2 aromatic rings. The van der Waals surface area contributed by atoms with Crippen molar-refractivity contribution in [3.05, 3.63) is 54.0 Å². The summed E-state index contributed by atoms with van der Waals surface area (Å²) < 4.78 is 0. The van der Waals surface area contributed by atoms with E-state index in [0.717, 1.165) is 18.4 Å². The van der Waals surface area contributed by atoms with Gasteiger partial charge >= 0.3 is 5.97 Å². The van der Waals surface area contributed by atoms with Crippen LogP contribution in [-0.4, -0.2) is 32.2 Å². The number of aromatic carboxylic acids is 1. The molecule has 1 aromatic heterocycles. The first-order chi connectivity index (χ1) is 10.6. The summed E-state index contributed by atoms with van der Waals surface area (Å²) in [7, 11) is 0. The number of carboxylic acid groups (broad SMARTS) is 1. The Hall–Kier alpha value is -2.47. The van der Waals surface area contributed by atoms with Crippen molar-refractivity contribution in [2.24, 2.45) is 0 Å². The molecule has 0 amide bonds. The second-order valence-corrected chi connectivity index (χ2v) is 4.99. The molecule has 22 heavy (non-hydrogen) atoms. The van der Waals surface area contributed by atoms with Crippen molar-refractivity contribution in [3.63, 3.8) is 0 Å². The summed E-state index contributed by atoms with van der Waals surface area (Å²) in [5.74, 6) is -0.674. The zero-order valence-electron chi connectivity index (χ0n) is 12.3. The van der Waals surface area contributed by atoms with E-state index in [-0.39, 0.29) is 11.7 Å². The maximum absolute atomic E-state index is 10.8. The van der Waals surface area contributed by atoms with Crippen LogP contribution in [0.15, 0.2) is 42.7 Å². The molecule has 1 aromatic carbocycles. The van der Waals surface area contributed by atoms with Gasteiger partial charge in [-0.1, -0.05) is 43.7 Å². The molecule has 6 heteroatoms. The second-order valence-electron chi connectivity index (χ2n) is 4.99. The van der Waals surface area contributed by atoms with E-state index < -0.39 is 12.1 Å². The van der Waals surface area contributed by atoms with Crippen molar-refractivity contribution in [1.29, 1.82) is 0 Å². The summed E-state index contributed by atoms with van der Waals surface area (Å²) in [6, 6.07) is 9.17. The number of aliphatic hydroxyl groups is 1. The lowest BCUT2D eigenvalue weighted by Gasteiger charge is -2.24. The molecule has 0 aliphatic heterocycles. The Bertz CT molecular complexity index is 602. The van der Waals surface area contributed by atoms with Gasteiger partial charge in [0.05, 0.1) is 24.5 Å². The van der Waals surface area contributed by atoms with Crippen LogP contribution in [0, 0.1) is 0 Å². The maximum atomic E-state index is 10.8. The third kappa shape index (κ3) is 4.02. The van der Waals surface area contributed by atoms with Crippen LogP contribution in [-0.2, 0) is 0 Å². The molecule has 116 valence electrons. The van der Waals surface area contributed by atoms with Gasteiger partial charge in [0, 0.05) is 0 Å². The minimum atomic E-state index is -1.12. The minimum absolute atomic E-state index is 0.110. The summed E-state index contributed by atoms with van der Waals surface area (Å²) in [5.41, 5.74) is 0.713. The Labute approximate surface area is 128 Å². The number of rotatable bonds is 7. The van der Waals surface area contributed by atoms with E-state index in [9.17, 15) is 9.90 Å². The van der Waals surface area contributed by atoms with Gasteiger partial charge < -0.3 is 15.5 Å². The Balaban J connectivity index is 2.12. The van der Waals surface area contributed by atoms with Crippen LogP contribution in [0.3, 0.4) is 0 Å². The summed E-state index contributed by atoms with van der Waals surface area (Å²) in [6.45, 7) is 2.03. The van der Waals surface area contributed by atoms with Crippen molar-refractivity contribution in [1.82, 2.24) is 9.97 Å². The van der Waals surface area contributed by atoms with E-state index in [1.54, 1.807) is 0 Å². The fraction of sp³-hybridized carbons (Fsp3) is 0.312. The average Bonchev–Trinajstić information content (AvgIpc) is 2.55. The lowest BCUT2D eigenvalue weighted by molar-refractivity contribution is 0.0690. The number of nitrogens with one attached hydrogen (secondary N) is 1. The molecular formula is C16H19N3O3. The molecule has 0 aliphatic carbocycles. The van der Waals surface area contributed by atoms with Gasteiger partial charge in [0.25, 0.3) is 0 Å². The number of aliphatic hydroxyl groups excluding tert-OH is 1.